The fourth-order valence-electron chi connectivity index (χ4n) is 2.83. The van der Waals surface area contributed by atoms with Gasteiger partial charge in [-0.3, -0.25) is 9.78 Å². The van der Waals surface area contributed by atoms with Crippen molar-refractivity contribution in [1.29, 1.82) is 0 Å². The molecule has 150 valence electrons. The number of hydrogen-bond donors (Lipinski definition) is 1. The van der Waals surface area contributed by atoms with Crippen LogP contribution in [0, 0.1) is 5.82 Å². The molecule has 4 aromatic rings. The molecule has 0 unspecified atom stereocenters. The lowest BCUT2D eigenvalue weighted by Gasteiger charge is -2.07. The molecule has 1 N–H and O–H groups in total. The number of methoxy groups -OCH3 is 1. The summed E-state index contributed by atoms with van der Waals surface area (Å²) in [5.41, 5.74) is 1.96. The summed E-state index contributed by atoms with van der Waals surface area (Å²) in [5.74, 6) is 0.696. The number of carbonyl (C=O) groups is 1. The molecule has 0 spiro atoms. The van der Waals surface area contributed by atoms with Crippen molar-refractivity contribution in [2.75, 3.05) is 12.4 Å². The maximum Gasteiger partial charge on any atom is 0.282 e. The average molecular weight is 403 g/mol. The van der Waals surface area contributed by atoms with Crippen LogP contribution in [0.2, 0.25) is 0 Å². The van der Waals surface area contributed by atoms with E-state index in [4.69, 9.17) is 4.74 Å². The minimum Gasteiger partial charge on any atom is -0.497 e. The van der Waals surface area contributed by atoms with Crippen molar-refractivity contribution in [3.63, 3.8) is 0 Å². The molecule has 2 aromatic carbocycles. The van der Waals surface area contributed by atoms with Gasteiger partial charge in [-0.25, -0.2) is 4.39 Å². The van der Waals surface area contributed by atoms with Gasteiger partial charge in [0, 0.05) is 24.5 Å². The predicted molar refractivity (Wildman–Crippen MR) is 110 cm³/mol. The summed E-state index contributed by atoms with van der Waals surface area (Å²) in [6, 6.07) is 16.7. The van der Waals surface area contributed by atoms with Crippen LogP contribution in [0.4, 0.5) is 10.3 Å². The molecule has 0 fully saturated rings. The van der Waals surface area contributed by atoms with Gasteiger partial charge in [0.1, 0.15) is 11.6 Å². The van der Waals surface area contributed by atoms with Crippen LogP contribution in [-0.4, -0.2) is 32.8 Å². The highest BCUT2D eigenvalue weighted by Gasteiger charge is 2.19. The molecule has 0 amide bonds. The Morgan fingerprint density at radius 2 is 1.87 bits per heavy atom. The lowest BCUT2D eigenvalue weighted by molar-refractivity contribution is 0.0947. The zero-order valence-electron chi connectivity index (χ0n) is 16.1. The predicted octanol–water partition coefficient (Wildman–Crippen LogP) is 3.79. The topological polar surface area (TPSA) is 81.9 Å². The van der Waals surface area contributed by atoms with E-state index in [1.807, 2.05) is 12.1 Å². The molecule has 0 saturated carbocycles. The van der Waals surface area contributed by atoms with E-state index in [-0.39, 0.29) is 17.7 Å². The van der Waals surface area contributed by atoms with Gasteiger partial charge in [-0.15, -0.1) is 5.10 Å². The van der Waals surface area contributed by atoms with Crippen molar-refractivity contribution in [2.24, 2.45) is 0 Å². The summed E-state index contributed by atoms with van der Waals surface area (Å²) in [6.07, 6.45) is 3.06. The Labute approximate surface area is 172 Å². The number of rotatable bonds is 6. The molecule has 0 atom stereocenters. The maximum atomic E-state index is 13.1. The average Bonchev–Trinajstić information content (AvgIpc) is 3.23. The first kappa shape index (κ1) is 19.3. The maximum absolute atomic E-state index is 13.1. The number of ether oxygens (including phenoxy) is 1. The molecule has 8 heteroatoms. The van der Waals surface area contributed by atoms with Crippen LogP contribution < -0.4 is 10.1 Å². The van der Waals surface area contributed by atoms with Crippen LogP contribution in [0.3, 0.4) is 0 Å². The van der Waals surface area contributed by atoms with Crippen LogP contribution in [0.5, 0.6) is 5.75 Å². The summed E-state index contributed by atoms with van der Waals surface area (Å²) in [4.78, 5) is 21.5. The first-order valence-corrected chi connectivity index (χ1v) is 9.18. The Morgan fingerprint density at radius 3 is 2.53 bits per heavy atom. The molecule has 2 aromatic heterocycles. The van der Waals surface area contributed by atoms with E-state index in [1.54, 1.807) is 49.7 Å². The summed E-state index contributed by atoms with van der Waals surface area (Å²) < 4.78 is 19.5. The number of aromatic nitrogens is 4. The van der Waals surface area contributed by atoms with E-state index in [0.29, 0.717) is 23.7 Å². The number of anilines is 1. The van der Waals surface area contributed by atoms with Gasteiger partial charge >= 0.3 is 0 Å². The Hall–Kier alpha value is -4.07. The van der Waals surface area contributed by atoms with E-state index >= 15 is 0 Å². The lowest BCUT2D eigenvalue weighted by atomic mass is 10.2. The summed E-state index contributed by atoms with van der Waals surface area (Å²) >= 11 is 0. The zero-order chi connectivity index (χ0) is 20.9. The van der Waals surface area contributed by atoms with Crippen LogP contribution >= 0.6 is 0 Å². The van der Waals surface area contributed by atoms with Gasteiger partial charge in [0.25, 0.3) is 5.91 Å². The van der Waals surface area contributed by atoms with E-state index in [2.05, 4.69) is 20.4 Å². The van der Waals surface area contributed by atoms with E-state index in [0.717, 1.165) is 11.1 Å². The Balaban J connectivity index is 1.67. The van der Waals surface area contributed by atoms with Crippen molar-refractivity contribution in [3.8, 4) is 17.1 Å². The van der Waals surface area contributed by atoms with Crippen molar-refractivity contribution in [2.45, 2.75) is 6.54 Å². The standard InChI is InChI=1S/C22H18FN5O2/c1-30-19-10-6-16(7-11-19)20-26-22(25-13-15-4-8-18(23)9-5-15)28(27-20)21(29)17-3-2-12-24-14-17/h2-12,14H,13H2,1H3,(H,25,26,27). The molecule has 4 rings (SSSR count). The van der Waals surface area contributed by atoms with Gasteiger partial charge < -0.3 is 10.1 Å². The molecule has 0 aliphatic heterocycles. The Kier molecular flexibility index (Phi) is 5.47. The van der Waals surface area contributed by atoms with Crippen LogP contribution in [-0.2, 0) is 6.54 Å². The molecule has 0 bridgehead atoms. The lowest BCUT2D eigenvalue weighted by Crippen LogP contribution is -2.17. The summed E-state index contributed by atoms with van der Waals surface area (Å²) in [5, 5.41) is 7.52. The van der Waals surface area contributed by atoms with Crippen LogP contribution in [0.15, 0.2) is 73.1 Å². The first-order valence-electron chi connectivity index (χ1n) is 9.18. The van der Waals surface area contributed by atoms with Crippen molar-refractivity contribution >= 4 is 11.9 Å². The fraction of sp³-hybridized carbons (Fsp3) is 0.0909. The van der Waals surface area contributed by atoms with Gasteiger partial charge in [-0.2, -0.15) is 9.67 Å². The third kappa shape index (κ3) is 4.17. The third-order valence-electron chi connectivity index (χ3n) is 4.42. The van der Waals surface area contributed by atoms with Gasteiger partial charge in [-0.1, -0.05) is 12.1 Å². The van der Waals surface area contributed by atoms with Gasteiger partial charge in [-0.05, 0) is 54.1 Å². The third-order valence-corrected chi connectivity index (χ3v) is 4.42. The normalized spacial score (nSPS) is 10.6. The molecular formula is C22H18FN5O2. The highest BCUT2D eigenvalue weighted by molar-refractivity contribution is 5.96. The SMILES string of the molecule is COc1ccc(-c2nc(NCc3ccc(F)cc3)n(C(=O)c3cccnc3)n2)cc1. The van der Waals surface area contributed by atoms with Crippen molar-refractivity contribution in [1.82, 2.24) is 19.7 Å². The number of nitrogens with zero attached hydrogens (tertiary/aromatic N) is 4. The minimum absolute atomic E-state index is 0.277. The number of carbonyl (C=O) groups excluding carboxylic acids is 1. The summed E-state index contributed by atoms with van der Waals surface area (Å²) in [7, 11) is 1.59. The molecular weight excluding hydrogens is 385 g/mol. The van der Waals surface area contributed by atoms with Crippen molar-refractivity contribution < 1.29 is 13.9 Å². The van der Waals surface area contributed by atoms with Crippen molar-refractivity contribution in [3.05, 3.63) is 90.0 Å². The molecule has 0 saturated heterocycles. The van der Waals surface area contributed by atoms with Gasteiger partial charge in [0.2, 0.25) is 5.95 Å². The number of nitrogens with one attached hydrogen (secondary N) is 1. The Bertz CT molecular complexity index is 1140. The van der Waals surface area contributed by atoms with E-state index < -0.39 is 0 Å². The molecule has 7 nitrogen and oxygen atoms in total. The molecule has 2 heterocycles. The van der Waals surface area contributed by atoms with Gasteiger partial charge in [0.15, 0.2) is 5.82 Å². The molecule has 0 aliphatic carbocycles. The molecule has 30 heavy (non-hydrogen) atoms. The van der Waals surface area contributed by atoms with Crippen LogP contribution in [0.25, 0.3) is 11.4 Å². The van der Waals surface area contributed by atoms with E-state index in [1.165, 1.54) is 23.0 Å². The quantitative estimate of drug-likeness (QED) is 0.528. The number of benzene rings is 2. The first-order chi connectivity index (χ1) is 14.6. The minimum atomic E-state index is -0.364. The smallest absolute Gasteiger partial charge is 0.282 e. The number of halogens is 1. The zero-order valence-corrected chi connectivity index (χ0v) is 16.1. The number of pyridine rings is 1. The molecule has 0 radical (unpaired) electrons. The fourth-order valence-corrected chi connectivity index (χ4v) is 2.83. The highest BCUT2D eigenvalue weighted by Crippen LogP contribution is 2.22. The Morgan fingerprint density at radius 1 is 1.10 bits per heavy atom. The monoisotopic (exact) mass is 403 g/mol. The molecule has 0 aliphatic rings. The van der Waals surface area contributed by atoms with Gasteiger partial charge in [0.05, 0.1) is 12.7 Å². The highest BCUT2D eigenvalue weighted by atomic mass is 19.1. The van der Waals surface area contributed by atoms with E-state index in [9.17, 15) is 9.18 Å². The largest absolute Gasteiger partial charge is 0.497 e. The number of hydrogen-bond acceptors (Lipinski definition) is 6. The van der Waals surface area contributed by atoms with Crippen LogP contribution in [0.1, 0.15) is 15.9 Å². The second-order valence-corrected chi connectivity index (χ2v) is 6.43. The second kappa shape index (κ2) is 8.52. The summed E-state index contributed by atoms with van der Waals surface area (Å²) in [6.45, 7) is 0.349. The second-order valence-electron chi connectivity index (χ2n) is 6.43.